The highest BCUT2D eigenvalue weighted by Crippen LogP contribution is 2.25. The number of carbonyl (C=O) groups is 1. The Kier molecular flexibility index (Phi) is 6.67. The summed E-state index contributed by atoms with van der Waals surface area (Å²) in [6.45, 7) is 2.50. The summed E-state index contributed by atoms with van der Waals surface area (Å²) in [6, 6.07) is 25.0. The number of ether oxygens (including phenoxy) is 1. The van der Waals surface area contributed by atoms with E-state index in [1.54, 1.807) is 0 Å². The molecule has 154 valence electrons. The number of hydrogen-bond donors (Lipinski definition) is 1. The number of nitrogens with zero attached hydrogens (tertiary/aromatic N) is 1. The van der Waals surface area contributed by atoms with Crippen molar-refractivity contribution in [2.45, 2.75) is 19.4 Å². The first-order valence-electron chi connectivity index (χ1n) is 10.3. The van der Waals surface area contributed by atoms with Crippen molar-refractivity contribution >= 4 is 23.2 Å². The standard InChI is InChI=1S/C25H25ClN2O2/c26-24-11-5-4-7-19(24)17-28-16-6-8-20(18-28)25(29)27-21-12-14-23(15-13-21)30-22-9-2-1-3-10-22/h1-5,7,9-15,20H,6,8,16-18H2,(H,27,29). The molecule has 0 spiro atoms. The fraction of sp³-hybridized carbons (Fsp3) is 0.240. The molecule has 1 unspecified atom stereocenters. The maximum Gasteiger partial charge on any atom is 0.228 e. The van der Waals surface area contributed by atoms with Crippen LogP contribution in [-0.2, 0) is 11.3 Å². The van der Waals surface area contributed by atoms with Gasteiger partial charge >= 0.3 is 0 Å². The molecule has 0 radical (unpaired) electrons. The molecule has 0 saturated carbocycles. The van der Waals surface area contributed by atoms with Crippen molar-refractivity contribution in [2.75, 3.05) is 18.4 Å². The highest BCUT2D eigenvalue weighted by Gasteiger charge is 2.26. The Hall–Kier alpha value is -2.82. The van der Waals surface area contributed by atoms with Crippen molar-refractivity contribution in [1.82, 2.24) is 4.90 Å². The van der Waals surface area contributed by atoms with E-state index in [9.17, 15) is 4.79 Å². The molecule has 3 aromatic rings. The molecule has 1 heterocycles. The van der Waals surface area contributed by atoms with Gasteiger partial charge in [-0.05, 0) is 67.4 Å². The zero-order valence-corrected chi connectivity index (χ0v) is 17.5. The van der Waals surface area contributed by atoms with Crippen LogP contribution >= 0.6 is 11.6 Å². The van der Waals surface area contributed by atoms with E-state index in [0.29, 0.717) is 0 Å². The van der Waals surface area contributed by atoms with E-state index >= 15 is 0 Å². The zero-order chi connectivity index (χ0) is 20.8. The Labute approximate surface area is 182 Å². The van der Waals surface area contributed by atoms with Crippen LogP contribution in [0.2, 0.25) is 5.02 Å². The highest BCUT2D eigenvalue weighted by molar-refractivity contribution is 6.31. The van der Waals surface area contributed by atoms with Gasteiger partial charge in [-0.25, -0.2) is 0 Å². The fourth-order valence-corrected chi connectivity index (χ4v) is 3.95. The van der Waals surface area contributed by atoms with Crippen LogP contribution in [0.1, 0.15) is 18.4 Å². The van der Waals surface area contributed by atoms with Crippen LogP contribution < -0.4 is 10.1 Å². The van der Waals surface area contributed by atoms with Gasteiger partial charge in [-0.1, -0.05) is 48.0 Å². The average Bonchev–Trinajstić information content (AvgIpc) is 2.78. The summed E-state index contributed by atoms with van der Waals surface area (Å²) in [5.74, 6) is 1.56. The van der Waals surface area contributed by atoms with Gasteiger partial charge in [0.05, 0.1) is 5.92 Å². The molecule has 3 aromatic carbocycles. The van der Waals surface area contributed by atoms with Gasteiger partial charge in [0.15, 0.2) is 0 Å². The van der Waals surface area contributed by atoms with E-state index in [2.05, 4.69) is 10.2 Å². The third-order valence-electron chi connectivity index (χ3n) is 5.33. The maximum atomic E-state index is 12.8. The highest BCUT2D eigenvalue weighted by atomic mass is 35.5. The number of para-hydroxylation sites is 1. The van der Waals surface area contributed by atoms with Crippen molar-refractivity contribution < 1.29 is 9.53 Å². The molecule has 30 heavy (non-hydrogen) atoms. The lowest BCUT2D eigenvalue weighted by atomic mass is 9.96. The Balaban J connectivity index is 1.32. The smallest absolute Gasteiger partial charge is 0.228 e. The molecule has 1 amide bonds. The van der Waals surface area contributed by atoms with Crippen molar-refractivity contribution in [3.63, 3.8) is 0 Å². The van der Waals surface area contributed by atoms with E-state index in [-0.39, 0.29) is 11.8 Å². The van der Waals surface area contributed by atoms with E-state index in [1.807, 2.05) is 78.9 Å². The summed E-state index contributed by atoms with van der Waals surface area (Å²) in [5.41, 5.74) is 1.89. The largest absolute Gasteiger partial charge is 0.457 e. The lowest BCUT2D eigenvalue weighted by molar-refractivity contribution is -0.121. The van der Waals surface area contributed by atoms with Crippen LogP contribution in [0.15, 0.2) is 78.9 Å². The van der Waals surface area contributed by atoms with Gasteiger partial charge in [0.2, 0.25) is 5.91 Å². The number of amides is 1. The molecule has 1 N–H and O–H groups in total. The van der Waals surface area contributed by atoms with E-state index in [0.717, 1.165) is 60.2 Å². The van der Waals surface area contributed by atoms with Gasteiger partial charge in [0.25, 0.3) is 0 Å². The van der Waals surface area contributed by atoms with Crippen LogP contribution in [-0.4, -0.2) is 23.9 Å². The minimum Gasteiger partial charge on any atom is -0.457 e. The fourth-order valence-electron chi connectivity index (χ4n) is 3.76. The Morgan fingerprint density at radius 2 is 1.67 bits per heavy atom. The minimum absolute atomic E-state index is 0.0264. The Morgan fingerprint density at radius 1 is 0.967 bits per heavy atom. The normalized spacial score (nSPS) is 16.8. The van der Waals surface area contributed by atoms with Gasteiger partial charge in [-0.15, -0.1) is 0 Å². The molecule has 1 aliphatic heterocycles. The second-order valence-electron chi connectivity index (χ2n) is 7.59. The summed E-state index contributed by atoms with van der Waals surface area (Å²) in [7, 11) is 0. The second kappa shape index (κ2) is 9.79. The number of hydrogen-bond acceptors (Lipinski definition) is 3. The lowest BCUT2D eigenvalue weighted by Gasteiger charge is -2.32. The van der Waals surface area contributed by atoms with Crippen LogP contribution in [0, 0.1) is 5.92 Å². The summed E-state index contributed by atoms with van der Waals surface area (Å²) in [4.78, 5) is 15.1. The molecule has 0 aromatic heterocycles. The summed E-state index contributed by atoms with van der Waals surface area (Å²) >= 11 is 6.30. The first kappa shape index (κ1) is 20.5. The third kappa shape index (κ3) is 5.41. The van der Waals surface area contributed by atoms with E-state index in [4.69, 9.17) is 16.3 Å². The number of benzene rings is 3. The molecule has 5 heteroatoms. The number of halogens is 1. The summed E-state index contributed by atoms with van der Waals surface area (Å²) < 4.78 is 5.80. The molecule has 0 bridgehead atoms. The first-order chi connectivity index (χ1) is 14.7. The molecule has 1 fully saturated rings. The number of carbonyl (C=O) groups excluding carboxylic acids is 1. The number of nitrogens with one attached hydrogen (secondary N) is 1. The zero-order valence-electron chi connectivity index (χ0n) is 16.8. The van der Waals surface area contributed by atoms with Crippen molar-refractivity contribution in [1.29, 1.82) is 0 Å². The van der Waals surface area contributed by atoms with E-state index < -0.39 is 0 Å². The number of rotatable bonds is 6. The Morgan fingerprint density at radius 3 is 2.43 bits per heavy atom. The summed E-state index contributed by atoms with van der Waals surface area (Å²) in [6.07, 6.45) is 1.91. The lowest BCUT2D eigenvalue weighted by Crippen LogP contribution is -2.40. The predicted molar refractivity (Wildman–Crippen MR) is 121 cm³/mol. The van der Waals surface area contributed by atoms with Gasteiger partial charge in [-0.3, -0.25) is 9.69 Å². The molecule has 0 aliphatic carbocycles. The SMILES string of the molecule is O=C(Nc1ccc(Oc2ccccc2)cc1)C1CCCN(Cc2ccccc2Cl)C1. The summed E-state index contributed by atoms with van der Waals surface area (Å²) in [5, 5.41) is 3.83. The van der Waals surface area contributed by atoms with Crippen molar-refractivity contribution in [2.24, 2.45) is 5.92 Å². The van der Waals surface area contributed by atoms with Crippen molar-refractivity contribution in [3.05, 3.63) is 89.4 Å². The van der Waals surface area contributed by atoms with Crippen LogP contribution in [0.25, 0.3) is 0 Å². The molecule has 1 aliphatic rings. The van der Waals surface area contributed by atoms with Gasteiger partial charge < -0.3 is 10.1 Å². The van der Waals surface area contributed by atoms with Gasteiger partial charge in [-0.2, -0.15) is 0 Å². The second-order valence-corrected chi connectivity index (χ2v) is 8.00. The minimum atomic E-state index is -0.0264. The predicted octanol–water partition coefficient (Wildman–Crippen LogP) is 5.98. The number of anilines is 1. The molecule has 4 rings (SSSR count). The molecular weight excluding hydrogens is 396 g/mol. The maximum absolute atomic E-state index is 12.8. The molecule has 1 atom stereocenters. The average molecular weight is 421 g/mol. The molecule has 1 saturated heterocycles. The van der Waals surface area contributed by atoms with Gasteiger partial charge in [0, 0.05) is 23.8 Å². The van der Waals surface area contributed by atoms with Crippen LogP contribution in [0.5, 0.6) is 11.5 Å². The topological polar surface area (TPSA) is 41.6 Å². The monoisotopic (exact) mass is 420 g/mol. The van der Waals surface area contributed by atoms with Crippen LogP contribution in [0.3, 0.4) is 0 Å². The Bertz CT molecular complexity index is 976. The van der Waals surface area contributed by atoms with Crippen molar-refractivity contribution in [3.8, 4) is 11.5 Å². The first-order valence-corrected chi connectivity index (χ1v) is 10.6. The quantitative estimate of drug-likeness (QED) is 0.533. The number of likely N-dealkylation sites (tertiary alicyclic amines) is 1. The third-order valence-corrected chi connectivity index (χ3v) is 5.70. The molecule has 4 nitrogen and oxygen atoms in total. The molecular formula is C25H25ClN2O2. The van der Waals surface area contributed by atoms with E-state index in [1.165, 1.54) is 0 Å². The number of piperidine rings is 1. The van der Waals surface area contributed by atoms with Gasteiger partial charge in [0.1, 0.15) is 11.5 Å². The van der Waals surface area contributed by atoms with Crippen LogP contribution in [0.4, 0.5) is 5.69 Å².